The molecule has 29 heavy (non-hydrogen) atoms. The number of benzene rings is 2. The molecule has 150 valence electrons. The van der Waals surface area contributed by atoms with Crippen molar-refractivity contribution in [2.24, 2.45) is 0 Å². The summed E-state index contributed by atoms with van der Waals surface area (Å²) in [5.41, 5.74) is 0.951. The van der Waals surface area contributed by atoms with Gasteiger partial charge in [0.25, 0.3) is 5.56 Å². The van der Waals surface area contributed by atoms with Gasteiger partial charge in [0.1, 0.15) is 12.3 Å². The average molecular weight is 391 g/mol. The predicted octanol–water partition coefficient (Wildman–Crippen LogP) is 2.80. The van der Waals surface area contributed by atoms with Crippen molar-refractivity contribution >= 4 is 22.4 Å². The van der Waals surface area contributed by atoms with E-state index in [-0.39, 0.29) is 24.1 Å². The molecule has 4 rings (SSSR count). The number of nitrogens with one attached hydrogen (secondary N) is 1. The Morgan fingerprint density at radius 1 is 1.07 bits per heavy atom. The summed E-state index contributed by atoms with van der Waals surface area (Å²) in [7, 11) is 1.68. The van der Waals surface area contributed by atoms with E-state index in [4.69, 9.17) is 4.74 Å². The molecule has 0 atom stereocenters. The van der Waals surface area contributed by atoms with Gasteiger partial charge in [-0.1, -0.05) is 30.3 Å². The van der Waals surface area contributed by atoms with E-state index in [0.717, 1.165) is 42.8 Å². The first-order valence-electron chi connectivity index (χ1n) is 9.91. The quantitative estimate of drug-likeness (QED) is 0.727. The normalized spacial score (nSPS) is 14.7. The molecule has 1 N–H and O–H groups in total. The Hall–Kier alpha value is -3.28. The third-order valence-corrected chi connectivity index (χ3v) is 5.49. The number of ether oxygens (including phenoxy) is 1. The van der Waals surface area contributed by atoms with Crippen molar-refractivity contribution in [2.45, 2.75) is 25.4 Å². The molecule has 1 saturated heterocycles. The molecule has 0 unspecified atom stereocenters. The largest absolute Gasteiger partial charge is 0.495 e. The van der Waals surface area contributed by atoms with E-state index in [0.29, 0.717) is 5.39 Å². The minimum Gasteiger partial charge on any atom is -0.495 e. The van der Waals surface area contributed by atoms with Gasteiger partial charge in [-0.2, -0.15) is 0 Å². The number of hydrogen-bond acceptors (Lipinski definition) is 4. The van der Waals surface area contributed by atoms with E-state index in [2.05, 4.69) is 16.3 Å². The van der Waals surface area contributed by atoms with E-state index >= 15 is 0 Å². The monoisotopic (exact) mass is 391 g/mol. The van der Waals surface area contributed by atoms with Crippen LogP contribution in [0.5, 0.6) is 5.75 Å². The smallest absolute Gasteiger partial charge is 0.258 e. The lowest BCUT2D eigenvalue weighted by Crippen LogP contribution is -2.46. The van der Waals surface area contributed by atoms with Crippen LogP contribution >= 0.6 is 0 Å². The maximum atomic E-state index is 12.6. The van der Waals surface area contributed by atoms with Crippen molar-refractivity contribution in [1.82, 2.24) is 9.88 Å². The summed E-state index contributed by atoms with van der Waals surface area (Å²) in [6, 6.07) is 17.4. The fourth-order valence-electron chi connectivity index (χ4n) is 3.94. The lowest BCUT2D eigenvalue weighted by atomic mass is 10.0. The van der Waals surface area contributed by atoms with Crippen molar-refractivity contribution in [2.75, 3.05) is 25.1 Å². The fourth-order valence-corrected chi connectivity index (χ4v) is 3.94. The molecule has 3 aromatic rings. The molecule has 0 bridgehead atoms. The highest BCUT2D eigenvalue weighted by Gasteiger charge is 2.22. The molecule has 6 heteroatoms. The van der Waals surface area contributed by atoms with Gasteiger partial charge < -0.3 is 19.5 Å². The van der Waals surface area contributed by atoms with Crippen molar-refractivity contribution < 1.29 is 9.53 Å². The molecule has 6 nitrogen and oxygen atoms in total. The Bertz CT molecular complexity index is 1070. The molecular formula is C23H25N3O3. The molecule has 1 aliphatic heterocycles. The molecule has 0 saturated carbocycles. The van der Waals surface area contributed by atoms with Crippen LogP contribution in [0.4, 0.5) is 5.69 Å². The highest BCUT2D eigenvalue weighted by molar-refractivity contribution is 5.82. The summed E-state index contributed by atoms with van der Waals surface area (Å²) in [6.45, 7) is 1.73. The number of piperidine rings is 1. The minimum atomic E-state index is -0.135. The first kappa shape index (κ1) is 19.1. The zero-order chi connectivity index (χ0) is 20.2. The van der Waals surface area contributed by atoms with Crippen LogP contribution in [0.25, 0.3) is 10.8 Å². The second-order valence-electron chi connectivity index (χ2n) is 7.34. The second kappa shape index (κ2) is 8.39. The van der Waals surface area contributed by atoms with Crippen LogP contribution in [-0.2, 0) is 11.3 Å². The summed E-state index contributed by atoms with van der Waals surface area (Å²) in [4.78, 5) is 27.4. The number of para-hydroxylation sites is 2. The number of amides is 1. The number of carbonyl (C=O) groups is 1. The van der Waals surface area contributed by atoms with Crippen molar-refractivity contribution in [1.29, 1.82) is 0 Å². The Labute approximate surface area is 169 Å². The Morgan fingerprint density at radius 3 is 2.59 bits per heavy atom. The molecule has 0 spiro atoms. The van der Waals surface area contributed by atoms with Crippen LogP contribution < -0.4 is 20.5 Å². The topological polar surface area (TPSA) is 63.6 Å². The molecule has 1 amide bonds. The molecule has 0 radical (unpaired) electrons. The highest BCUT2D eigenvalue weighted by Crippen LogP contribution is 2.29. The Balaban J connectivity index is 1.36. The van der Waals surface area contributed by atoms with Gasteiger partial charge >= 0.3 is 0 Å². The lowest BCUT2D eigenvalue weighted by molar-refractivity contribution is -0.122. The maximum Gasteiger partial charge on any atom is 0.258 e. The Morgan fingerprint density at radius 2 is 1.79 bits per heavy atom. The molecule has 1 fully saturated rings. The van der Waals surface area contributed by atoms with Crippen LogP contribution in [-0.4, -0.2) is 36.7 Å². The first-order chi connectivity index (χ1) is 14.2. The summed E-state index contributed by atoms with van der Waals surface area (Å²) >= 11 is 0. The third kappa shape index (κ3) is 4.11. The van der Waals surface area contributed by atoms with Crippen molar-refractivity contribution in [3.63, 3.8) is 0 Å². The van der Waals surface area contributed by atoms with E-state index in [1.165, 1.54) is 4.57 Å². The molecular weight excluding hydrogens is 366 g/mol. The number of carbonyl (C=O) groups excluding carboxylic acids is 1. The van der Waals surface area contributed by atoms with Crippen molar-refractivity contribution in [3.8, 4) is 5.75 Å². The van der Waals surface area contributed by atoms with E-state index in [9.17, 15) is 9.59 Å². The van der Waals surface area contributed by atoms with Gasteiger partial charge in [0.05, 0.1) is 12.8 Å². The van der Waals surface area contributed by atoms with Gasteiger partial charge in [-0.15, -0.1) is 0 Å². The number of methoxy groups -OCH3 is 1. The molecule has 2 aromatic carbocycles. The van der Waals surface area contributed by atoms with E-state index in [1.54, 1.807) is 19.4 Å². The number of anilines is 1. The summed E-state index contributed by atoms with van der Waals surface area (Å²) < 4.78 is 6.93. The lowest BCUT2D eigenvalue weighted by Gasteiger charge is -2.34. The molecule has 1 aliphatic rings. The zero-order valence-electron chi connectivity index (χ0n) is 16.5. The average Bonchev–Trinajstić information content (AvgIpc) is 2.76. The number of rotatable bonds is 5. The van der Waals surface area contributed by atoms with E-state index < -0.39 is 0 Å². The third-order valence-electron chi connectivity index (χ3n) is 5.49. The van der Waals surface area contributed by atoms with Crippen LogP contribution in [0.2, 0.25) is 0 Å². The standard InChI is InChI=1S/C23H25N3O3/c1-29-21-9-5-4-8-20(21)25-14-11-18(12-15-25)24-22(27)16-26-13-10-17-6-2-3-7-19(17)23(26)28/h2-10,13,18H,11-12,14-16H2,1H3,(H,24,27). The van der Waals surface area contributed by atoms with Gasteiger partial charge in [-0.05, 0) is 42.5 Å². The Kier molecular flexibility index (Phi) is 5.51. The number of aromatic nitrogens is 1. The minimum absolute atomic E-state index is 0.0381. The maximum absolute atomic E-state index is 12.6. The van der Waals surface area contributed by atoms with Crippen LogP contribution in [0.1, 0.15) is 12.8 Å². The summed E-state index contributed by atoms with van der Waals surface area (Å²) in [5.74, 6) is 0.740. The van der Waals surface area contributed by atoms with Gasteiger partial charge in [-0.3, -0.25) is 9.59 Å². The SMILES string of the molecule is COc1ccccc1N1CCC(NC(=O)Cn2ccc3ccccc3c2=O)CC1. The van der Waals surface area contributed by atoms with Gasteiger partial charge in [-0.25, -0.2) is 0 Å². The summed E-state index contributed by atoms with van der Waals surface area (Å²) in [5, 5.41) is 4.61. The zero-order valence-corrected chi connectivity index (χ0v) is 16.5. The van der Waals surface area contributed by atoms with Gasteiger partial charge in [0.15, 0.2) is 0 Å². The molecule has 0 aliphatic carbocycles. The number of hydrogen-bond donors (Lipinski definition) is 1. The predicted molar refractivity (Wildman–Crippen MR) is 115 cm³/mol. The van der Waals surface area contributed by atoms with Crippen LogP contribution in [0, 0.1) is 0 Å². The van der Waals surface area contributed by atoms with Gasteiger partial charge in [0, 0.05) is 30.7 Å². The first-order valence-corrected chi connectivity index (χ1v) is 9.91. The number of pyridine rings is 1. The highest BCUT2D eigenvalue weighted by atomic mass is 16.5. The molecule has 1 aromatic heterocycles. The number of nitrogens with zero attached hydrogens (tertiary/aromatic N) is 2. The number of fused-ring (bicyclic) bond motifs is 1. The molecule has 2 heterocycles. The summed E-state index contributed by atoms with van der Waals surface area (Å²) in [6.07, 6.45) is 3.40. The van der Waals surface area contributed by atoms with Crippen LogP contribution in [0.15, 0.2) is 65.6 Å². The van der Waals surface area contributed by atoms with Gasteiger partial charge in [0.2, 0.25) is 5.91 Å². The fraction of sp³-hybridized carbons (Fsp3) is 0.304. The van der Waals surface area contributed by atoms with E-state index in [1.807, 2.05) is 42.5 Å². The second-order valence-corrected chi connectivity index (χ2v) is 7.34. The van der Waals surface area contributed by atoms with Crippen molar-refractivity contribution in [3.05, 3.63) is 71.1 Å². The van der Waals surface area contributed by atoms with Crippen LogP contribution in [0.3, 0.4) is 0 Å².